The Morgan fingerprint density at radius 2 is 2.00 bits per heavy atom. The summed E-state index contributed by atoms with van der Waals surface area (Å²) in [4.78, 5) is 14.1. The van der Waals surface area contributed by atoms with E-state index in [2.05, 4.69) is 17.9 Å². The Balaban J connectivity index is 2.07. The van der Waals surface area contributed by atoms with Gasteiger partial charge in [0.1, 0.15) is 5.60 Å². The molecule has 2 aliphatic rings. The highest BCUT2D eigenvalue weighted by Crippen LogP contribution is 2.38. The van der Waals surface area contributed by atoms with Gasteiger partial charge in [-0.05, 0) is 49.9 Å². The van der Waals surface area contributed by atoms with Crippen LogP contribution in [0.15, 0.2) is 12.1 Å². The second-order valence-electron chi connectivity index (χ2n) is 6.79. The summed E-state index contributed by atoms with van der Waals surface area (Å²) in [5, 5.41) is 9.70. The number of anilines is 1. The third kappa shape index (κ3) is 3.26. The smallest absolute Gasteiger partial charge is 0.336 e. The summed E-state index contributed by atoms with van der Waals surface area (Å²) in [5.74, 6) is -0.907. The number of carboxylic acids is 1. The van der Waals surface area contributed by atoms with Crippen molar-refractivity contribution in [1.29, 1.82) is 0 Å². The molecular weight excluding hydrogens is 322 g/mol. The van der Waals surface area contributed by atoms with Crippen molar-refractivity contribution >= 4 is 11.7 Å². The first-order chi connectivity index (χ1) is 12.0. The van der Waals surface area contributed by atoms with Crippen LogP contribution in [-0.2, 0) is 19.8 Å². The molecule has 0 aliphatic carbocycles. The fourth-order valence-corrected chi connectivity index (χ4v) is 3.79. The van der Waals surface area contributed by atoms with Gasteiger partial charge in [0, 0.05) is 38.6 Å². The Morgan fingerprint density at radius 1 is 1.32 bits per heavy atom. The molecule has 2 fully saturated rings. The van der Waals surface area contributed by atoms with Gasteiger partial charge < -0.3 is 24.2 Å². The van der Waals surface area contributed by atoms with Gasteiger partial charge in [-0.15, -0.1) is 0 Å². The maximum atomic E-state index is 11.8. The molecule has 0 aromatic heterocycles. The summed E-state index contributed by atoms with van der Waals surface area (Å²) in [5.41, 5.74) is 2.46. The number of carbonyl (C=O) groups is 1. The van der Waals surface area contributed by atoms with Crippen LogP contribution in [0, 0.1) is 6.92 Å². The van der Waals surface area contributed by atoms with E-state index >= 15 is 0 Å². The van der Waals surface area contributed by atoms with Gasteiger partial charge in [0.15, 0.2) is 0 Å². The zero-order valence-electron chi connectivity index (χ0n) is 15.2. The Bertz CT molecular complexity index is 629. The Hall–Kier alpha value is -1.63. The molecule has 138 valence electrons. The molecular formula is C19H27NO5. The van der Waals surface area contributed by atoms with Crippen LogP contribution in [-0.4, -0.2) is 57.2 Å². The van der Waals surface area contributed by atoms with Crippen LogP contribution in [0.2, 0.25) is 0 Å². The molecule has 1 aromatic rings. The SMILES string of the molecule is CCN(c1cc(C2(OC)COC2)cc(C(=O)O)c1C)C1CCOCC1. The van der Waals surface area contributed by atoms with Crippen LogP contribution >= 0.6 is 0 Å². The van der Waals surface area contributed by atoms with Crippen LogP contribution in [0.5, 0.6) is 0 Å². The largest absolute Gasteiger partial charge is 0.478 e. The van der Waals surface area contributed by atoms with Gasteiger partial charge in [0.05, 0.1) is 18.8 Å². The molecule has 0 amide bonds. The normalized spacial score (nSPS) is 20.1. The second kappa shape index (κ2) is 7.32. The average Bonchev–Trinajstić information content (AvgIpc) is 2.58. The first kappa shape index (κ1) is 18.2. The van der Waals surface area contributed by atoms with E-state index in [0.717, 1.165) is 49.4 Å². The minimum atomic E-state index is -0.907. The molecule has 0 spiro atoms. The molecule has 3 rings (SSSR count). The fraction of sp³-hybridized carbons (Fsp3) is 0.632. The van der Waals surface area contributed by atoms with Gasteiger partial charge in [-0.3, -0.25) is 0 Å². The molecule has 2 aliphatic heterocycles. The third-order valence-electron chi connectivity index (χ3n) is 5.48. The van der Waals surface area contributed by atoms with Crippen LogP contribution in [0.25, 0.3) is 0 Å². The number of methoxy groups -OCH3 is 1. The molecule has 6 heteroatoms. The minimum Gasteiger partial charge on any atom is -0.478 e. The van der Waals surface area contributed by atoms with Gasteiger partial charge in [0.2, 0.25) is 0 Å². The summed E-state index contributed by atoms with van der Waals surface area (Å²) in [7, 11) is 1.65. The molecule has 0 radical (unpaired) electrons. The van der Waals surface area contributed by atoms with Crippen molar-refractivity contribution in [3.63, 3.8) is 0 Å². The van der Waals surface area contributed by atoms with Gasteiger partial charge in [-0.1, -0.05) is 0 Å². The minimum absolute atomic E-state index is 0.335. The highest BCUT2D eigenvalue weighted by atomic mass is 16.6. The number of carboxylic acid groups (broad SMARTS) is 1. The lowest BCUT2D eigenvalue weighted by Gasteiger charge is -2.42. The summed E-state index contributed by atoms with van der Waals surface area (Å²) >= 11 is 0. The zero-order chi connectivity index (χ0) is 18.0. The Morgan fingerprint density at radius 3 is 2.48 bits per heavy atom. The summed E-state index contributed by atoms with van der Waals surface area (Å²) in [6.45, 7) is 7.23. The van der Waals surface area contributed by atoms with Gasteiger partial charge in [-0.25, -0.2) is 4.79 Å². The van der Waals surface area contributed by atoms with Crippen LogP contribution in [0.1, 0.15) is 41.3 Å². The predicted octanol–water partition coefficient (Wildman–Crippen LogP) is 2.57. The van der Waals surface area contributed by atoms with Crippen molar-refractivity contribution in [2.24, 2.45) is 0 Å². The predicted molar refractivity (Wildman–Crippen MR) is 94.5 cm³/mol. The lowest BCUT2D eigenvalue weighted by molar-refractivity contribution is -0.202. The molecule has 0 saturated carbocycles. The molecule has 1 N–H and O–H groups in total. The molecule has 1 aromatic carbocycles. The van der Waals surface area contributed by atoms with Crippen LogP contribution in [0.3, 0.4) is 0 Å². The number of rotatable bonds is 6. The van der Waals surface area contributed by atoms with E-state index in [9.17, 15) is 9.90 Å². The Kier molecular flexibility index (Phi) is 5.32. The molecule has 2 heterocycles. The van der Waals surface area contributed by atoms with E-state index in [0.29, 0.717) is 24.8 Å². The fourth-order valence-electron chi connectivity index (χ4n) is 3.79. The van der Waals surface area contributed by atoms with Gasteiger partial charge >= 0.3 is 5.97 Å². The maximum Gasteiger partial charge on any atom is 0.336 e. The summed E-state index contributed by atoms with van der Waals surface area (Å²) in [6.07, 6.45) is 1.91. The topological polar surface area (TPSA) is 68.2 Å². The number of hydrogen-bond acceptors (Lipinski definition) is 5. The molecule has 2 saturated heterocycles. The lowest BCUT2D eigenvalue weighted by Crippen LogP contribution is -2.48. The molecule has 0 bridgehead atoms. The number of hydrogen-bond donors (Lipinski definition) is 1. The van der Waals surface area contributed by atoms with E-state index in [1.807, 2.05) is 6.92 Å². The number of aromatic carboxylic acids is 1. The number of nitrogens with zero attached hydrogens (tertiary/aromatic N) is 1. The van der Waals surface area contributed by atoms with Crippen LogP contribution < -0.4 is 4.90 Å². The summed E-state index contributed by atoms with van der Waals surface area (Å²) in [6, 6.07) is 4.20. The lowest BCUT2D eigenvalue weighted by atomic mass is 9.87. The van der Waals surface area contributed by atoms with Crippen molar-refractivity contribution in [1.82, 2.24) is 0 Å². The van der Waals surface area contributed by atoms with Crippen molar-refractivity contribution in [3.8, 4) is 0 Å². The van der Waals surface area contributed by atoms with Crippen molar-refractivity contribution in [2.75, 3.05) is 45.0 Å². The Labute approximate surface area is 148 Å². The summed E-state index contributed by atoms with van der Waals surface area (Å²) < 4.78 is 16.5. The molecule has 0 unspecified atom stereocenters. The molecule has 25 heavy (non-hydrogen) atoms. The van der Waals surface area contributed by atoms with Crippen molar-refractivity contribution < 1.29 is 24.1 Å². The van der Waals surface area contributed by atoms with E-state index in [1.165, 1.54) is 0 Å². The first-order valence-corrected chi connectivity index (χ1v) is 8.88. The van der Waals surface area contributed by atoms with E-state index < -0.39 is 11.6 Å². The highest BCUT2D eigenvalue weighted by Gasteiger charge is 2.42. The van der Waals surface area contributed by atoms with E-state index in [4.69, 9.17) is 14.2 Å². The maximum absolute atomic E-state index is 11.8. The first-order valence-electron chi connectivity index (χ1n) is 8.88. The third-order valence-corrected chi connectivity index (χ3v) is 5.48. The van der Waals surface area contributed by atoms with Crippen LogP contribution in [0.4, 0.5) is 5.69 Å². The van der Waals surface area contributed by atoms with Crippen molar-refractivity contribution in [3.05, 3.63) is 28.8 Å². The van der Waals surface area contributed by atoms with Gasteiger partial charge in [0.25, 0.3) is 0 Å². The monoisotopic (exact) mass is 349 g/mol. The van der Waals surface area contributed by atoms with E-state index in [1.54, 1.807) is 13.2 Å². The van der Waals surface area contributed by atoms with E-state index in [-0.39, 0.29) is 0 Å². The molecule has 6 nitrogen and oxygen atoms in total. The number of ether oxygens (including phenoxy) is 3. The molecule has 0 atom stereocenters. The standard InChI is InChI=1S/C19H27NO5/c1-4-20(15-5-7-24-8-6-15)17-10-14(19(23-3)11-25-12-19)9-16(13(17)2)18(21)22/h9-10,15H,4-8,11-12H2,1-3H3,(H,21,22). The van der Waals surface area contributed by atoms with Crippen molar-refractivity contribution in [2.45, 2.75) is 38.3 Å². The average molecular weight is 349 g/mol. The highest BCUT2D eigenvalue weighted by molar-refractivity contribution is 5.92. The zero-order valence-corrected chi connectivity index (χ0v) is 15.2. The van der Waals surface area contributed by atoms with Gasteiger partial charge in [-0.2, -0.15) is 0 Å². The second-order valence-corrected chi connectivity index (χ2v) is 6.79. The number of benzene rings is 1. The quantitative estimate of drug-likeness (QED) is 0.851.